The molecular formula is C30H26F7NO3. The van der Waals surface area contributed by atoms with Gasteiger partial charge in [-0.25, -0.2) is 0 Å². The van der Waals surface area contributed by atoms with E-state index in [2.05, 4.69) is 4.90 Å². The molecule has 1 aliphatic carbocycles. The van der Waals surface area contributed by atoms with E-state index in [0.717, 1.165) is 16.5 Å². The molecule has 4 nitrogen and oxygen atoms in total. The smallest absolute Gasteiger partial charge is 0.459 e. The molecule has 11 heteroatoms. The quantitative estimate of drug-likeness (QED) is 0.284. The van der Waals surface area contributed by atoms with Gasteiger partial charge in [0.05, 0.1) is 13.2 Å². The molecule has 218 valence electrons. The zero-order chi connectivity index (χ0) is 29.2. The Kier molecular flexibility index (Phi) is 6.53. The minimum atomic E-state index is -6.46. The Morgan fingerprint density at radius 1 is 0.878 bits per heavy atom. The first-order chi connectivity index (χ1) is 19.4. The largest absolute Gasteiger partial charge is 0.488 e. The van der Waals surface area contributed by atoms with E-state index in [9.17, 15) is 30.7 Å². The highest BCUT2D eigenvalue weighted by Gasteiger charge is 2.73. The second-order valence-electron chi connectivity index (χ2n) is 10.3. The molecule has 41 heavy (non-hydrogen) atoms. The Bertz CT molecular complexity index is 1530. The van der Waals surface area contributed by atoms with E-state index >= 15 is 0 Å². The van der Waals surface area contributed by atoms with Crippen LogP contribution < -0.4 is 4.74 Å². The van der Waals surface area contributed by atoms with Crippen molar-refractivity contribution in [3.63, 3.8) is 0 Å². The second kappa shape index (κ2) is 9.62. The fourth-order valence-electron chi connectivity index (χ4n) is 6.20. The summed E-state index contributed by atoms with van der Waals surface area (Å²) in [4.78, 5) is 2.08. The Balaban J connectivity index is 1.62. The van der Waals surface area contributed by atoms with Crippen molar-refractivity contribution < 1.29 is 44.9 Å². The van der Waals surface area contributed by atoms with E-state index in [1.165, 1.54) is 0 Å². The van der Waals surface area contributed by atoms with Crippen LogP contribution in [0.2, 0.25) is 0 Å². The maximum Gasteiger partial charge on any atom is 0.459 e. The number of rotatable bonds is 6. The van der Waals surface area contributed by atoms with Crippen LogP contribution in [0, 0.1) is 0 Å². The SMILES string of the molecule is CCC1(OCC(F)(F)C(F)(F)C(F)(F)F)c2ccccc2-c2c1c1c(c3ccccc23)OCC=C1N1CCOCC1. The van der Waals surface area contributed by atoms with Crippen LogP contribution in [0.15, 0.2) is 54.6 Å². The summed E-state index contributed by atoms with van der Waals surface area (Å²) in [6.07, 6.45) is -4.62. The number of hydrogen-bond donors (Lipinski definition) is 0. The maximum absolute atomic E-state index is 14.7. The van der Waals surface area contributed by atoms with E-state index in [1.54, 1.807) is 31.2 Å². The number of alkyl halides is 7. The lowest BCUT2D eigenvalue weighted by Gasteiger charge is -2.39. The Morgan fingerprint density at radius 2 is 1.54 bits per heavy atom. The molecule has 1 unspecified atom stereocenters. The van der Waals surface area contributed by atoms with Gasteiger partial charge in [0.1, 0.15) is 24.6 Å². The third kappa shape index (κ3) is 4.03. The minimum Gasteiger partial charge on any atom is -0.488 e. The number of fused-ring (bicyclic) bond motifs is 8. The average molecular weight is 582 g/mol. The summed E-state index contributed by atoms with van der Waals surface area (Å²) in [5.74, 6) is -11.3. The number of halogens is 7. The van der Waals surface area contributed by atoms with Gasteiger partial charge in [0, 0.05) is 35.3 Å². The summed E-state index contributed by atoms with van der Waals surface area (Å²) in [6, 6.07) is 14.2. The van der Waals surface area contributed by atoms with Crippen LogP contribution in [0.5, 0.6) is 5.75 Å². The third-order valence-corrected chi connectivity index (χ3v) is 8.13. The molecule has 6 rings (SSSR count). The normalized spacial score (nSPS) is 20.8. The van der Waals surface area contributed by atoms with Gasteiger partial charge in [-0.1, -0.05) is 55.5 Å². The van der Waals surface area contributed by atoms with E-state index in [0.29, 0.717) is 59.9 Å². The molecule has 0 bridgehead atoms. The van der Waals surface area contributed by atoms with Crippen LogP contribution in [0.1, 0.15) is 30.0 Å². The maximum atomic E-state index is 14.7. The van der Waals surface area contributed by atoms with Gasteiger partial charge in [-0.3, -0.25) is 0 Å². The fraction of sp³-hybridized carbons (Fsp3) is 0.400. The predicted molar refractivity (Wildman–Crippen MR) is 138 cm³/mol. The van der Waals surface area contributed by atoms with Gasteiger partial charge < -0.3 is 19.1 Å². The molecule has 2 aliphatic heterocycles. The van der Waals surface area contributed by atoms with Crippen LogP contribution >= 0.6 is 0 Å². The van der Waals surface area contributed by atoms with Crippen LogP contribution in [0.25, 0.3) is 27.6 Å². The van der Waals surface area contributed by atoms with Crippen molar-refractivity contribution in [2.75, 3.05) is 39.5 Å². The first-order valence-corrected chi connectivity index (χ1v) is 13.3. The Labute approximate surface area is 231 Å². The molecular weight excluding hydrogens is 555 g/mol. The molecule has 3 aromatic carbocycles. The minimum absolute atomic E-state index is 0.0220. The molecule has 0 radical (unpaired) electrons. The van der Waals surface area contributed by atoms with E-state index in [4.69, 9.17) is 14.2 Å². The summed E-state index contributed by atoms with van der Waals surface area (Å²) in [6.45, 7) is 1.70. The first kappa shape index (κ1) is 27.8. The molecule has 0 spiro atoms. The van der Waals surface area contributed by atoms with Crippen LogP contribution in [0.4, 0.5) is 30.7 Å². The molecule has 0 amide bonds. The van der Waals surface area contributed by atoms with Crippen molar-refractivity contribution in [2.45, 2.75) is 37.0 Å². The van der Waals surface area contributed by atoms with Crippen molar-refractivity contribution in [1.29, 1.82) is 0 Å². The van der Waals surface area contributed by atoms with Crippen molar-refractivity contribution >= 4 is 16.5 Å². The lowest BCUT2D eigenvalue weighted by molar-refractivity contribution is -0.364. The summed E-state index contributed by atoms with van der Waals surface area (Å²) >= 11 is 0. The number of ether oxygens (including phenoxy) is 3. The molecule has 2 heterocycles. The van der Waals surface area contributed by atoms with Gasteiger partial charge in [0.15, 0.2) is 0 Å². The molecule has 1 fully saturated rings. The van der Waals surface area contributed by atoms with Gasteiger partial charge in [0.2, 0.25) is 0 Å². The zero-order valence-electron chi connectivity index (χ0n) is 22.0. The van der Waals surface area contributed by atoms with Crippen LogP contribution in [-0.4, -0.2) is 62.4 Å². The standard InChI is InChI=1S/C30H26F7NO3/c1-2-27(41-17-28(31,32)29(33,34)30(35,36)37)21-10-6-5-9-20(21)23-18-7-3-4-8-19(18)26-24(25(23)27)22(11-14-40-26)38-12-15-39-16-13-38/h3-11H,2,12-17H2,1H3. The van der Waals surface area contributed by atoms with Crippen molar-refractivity contribution in [1.82, 2.24) is 4.90 Å². The van der Waals surface area contributed by atoms with Gasteiger partial charge in [-0.05, 0) is 34.6 Å². The van der Waals surface area contributed by atoms with Gasteiger partial charge >= 0.3 is 18.0 Å². The molecule has 1 atom stereocenters. The third-order valence-electron chi connectivity index (χ3n) is 8.13. The van der Waals surface area contributed by atoms with Gasteiger partial charge in [-0.15, -0.1) is 0 Å². The molecule has 1 saturated heterocycles. The number of morpholine rings is 1. The lowest BCUT2D eigenvalue weighted by atomic mass is 9.82. The monoisotopic (exact) mass is 581 g/mol. The summed E-state index contributed by atoms with van der Waals surface area (Å²) in [7, 11) is 0. The highest BCUT2D eigenvalue weighted by atomic mass is 19.4. The average Bonchev–Trinajstić information content (AvgIpc) is 3.26. The molecule has 3 aromatic rings. The molecule has 0 N–H and O–H groups in total. The highest BCUT2D eigenvalue weighted by molar-refractivity contribution is 6.09. The van der Waals surface area contributed by atoms with Gasteiger partial charge in [0.25, 0.3) is 0 Å². The van der Waals surface area contributed by atoms with E-state index in [-0.39, 0.29) is 13.0 Å². The molecule has 0 aromatic heterocycles. The van der Waals surface area contributed by atoms with Crippen LogP contribution in [0.3, 0.4) is 0 Å². The van der Waals surface area contributed by atoms with Crippen molar-refractivity contribution in [3.8, 4) is 16.9 Å². The zero-order valence-corrected chi connectivity index (χ0v) is 22.0. The van der Waals surface area contributed by atoms with Gasteiger partial charge in [-0.2, -0.15) is 30.7 Å². The van der Waals surface area contributed by atoms with E-state index in [1.807, 2.05) is 30.3 Å². The Morgan fingerprint density at radius 3 is 2.22 bits per heavy atom. The Hall–Kier alpha value is -3.31. The summed E-state index contributed by atoms with van der Waals surface area (Å²) < 4.78 is 114. The number of nitrogens with zero attached hydrogens (tertiary/aromatic N) is 1. The fourth-order valence-corrected chi connectivity index (χ4v) is 6.20. The second-order valence-corrected chi connectivity index (χ2v) is 10.3. The molecule has 0 saturated carbocycles. The summed E-state index contributed by atoms with van der Waals surface area (Å²) in [5, 5.41) is 1.49. The van der Waals surface area contributed by atoms with Crippen molar-refractivity contribution in [3.05, 3.63) is 71.3 Å². The number of hydrogen-bond acceptors (Lipinski definition) is 4. The highest BCUT2D eigenvalue weighted by Crippen LogP contribution is 2.60. The number of benzene rings is 3. The van der Waals surface area contributed by atoms with Crippen molar-refractivity contribution in [2.24, 2.45) is 0 Å². The first-order valence-electron chi connectivity index (χ1n) is 13.3. The van der Waals surface area contributed by atoms with E-state index < -0.39 is 30.2 Å². The summed E-state index contributed by atoms with van der Waals surface area (Å²) in [5.41, 5.74) is 1.63. The lowest BCUT2D eigenvalue weighted by Crippen LogP contribution is -2.55. The topological polar surface area (TPSA) is 30.9 Å². The van der Waals surface area contributed by atoms with Crippen LogP contribution in [-0.2, 0) is 15.1 Å². The molecule has 3 aliphatic rings. The predicted octanol–water partition coefficient (Wildman–Crippen LogP) is 7.39.